The largest absolute Gasteiger partial charge is 0.435 e. The fraction of sp³-hybridized carbons (Fsp3) is 0.333. The number of ether oxygens (including phenoxy) is 2. The smallest absolute Gasteiger partial charge is 0.387 e. The molecule has 0 radical (unpaired) electrons. The van der Waals surface area contributed by atoms with Crippen LogP contribution in [0.1, 0.15) is 132 Å². The Bertz CT molecular complexity index is 4270. The molecule has 11 rings (SSSR count). The molecule has 0 saturated carbocycles. The Kier molecular flexibility index (Phi) is 18.2. The van der Waals surface area contributed by atoms with Crippen LogP contribution in [-0.4, -0.2) is 96.2 Å². The van der Waals surface area contributed by atoms with Gasteiger partial charge in [0.05, 0.1) is 34.6 Å². The molecule has 0 bridgehead atoms. The normalized spacial score (nSPS) is 12.5. The number of aromatic amines is 1. The van der Waals surface area contributed by atoms with Crippen LogP contribution in [0.5, 0.6) is 11.5 Å². The predicted molar refractivity (Wildman–Crippen MR) is 346 cm³/mol. The minimum Gasteiger partial charge on any atom is -0.435 e. The maximum Gasteiger partial charge on any atom is 0.387 e. The lowest BCUT2D eigenvalue weighted by atomic mass is 9.76. The monoisotopic (exact) mass is 1240 g/mol. The average molecular weight is 1240 g/mol. The number of amides is 2. The van der Waals surface area contributed by atoms with Crippen LogP contribution in [0.3, 0.4) is 0 Å². The van der Waals surface area contributed by atoms with E-state index < -0.39 is 29.8 Å². The maximum atomic E-state index is 14.3. The molecule has 0 aliphatic carbocycles. The Balaban J connectivity index is 0.000000219. The highest BCUT2D eigenvalue weighted by molar-refractivity contribution is 6.07. The number of alkyl halides is 4. The van der Waals surface area contributed by atoms with E-state index in [2.05, 4.69) is 61.7 Å². The number of nitrogens with two attached hydrogens (primary N) is 2. The van der Waals surface area contributed by atoms with Gasteiger partial charge in [-0.15, -0.1) is 0 Å². The van der Waals surface area contributed by atoms with Crippen molar-refractivity contribution in [1.29, 1.82) is 0 Å². The van der Waals surface area contributed by atoms with Crippen LogP contribution in [0.2, 0.25) is 0 Å². The highest BCUT2D eigenvalue weighted by atomic mass is 19.3. The van der Waals surface area contributed by atoms with Crippen LogP contribution in [0.4, 0.5) is 17.6 Å². The second kappa shape index (κ2) is 25.7. The van der Waals surface area contributed by atoms with Gasteiger partial charge in [0.2, 0.25) is 0 Å². The number of H-pyrrole nitrogens is 1. The molecule has 0 aliphatic rings. The number of nitrogens with zero attached hydrogens (tertiary/aromatic N) is 9. The molecule has 0 unspecified atom stereocenters. The third-order valence-corrected chi connectivity index (χ3v) is 15.0. The fourth-order valence-electron chi connectivity index (χ4n) is 11.2. The number of carbonyl (C=O) groups excluding carboxylic acids is 2. The SMILES string of the molecule is CC(C)(N)CCCn1nc(-c2cnc3[nH]cc(C(=O)NC(C)(C)C)c3n2)c2cc(OC(F)F)ccc21.CC(C)(N)CCCn1nc(-c2cnc3c(n2)c(C(=O)NC(C)(C)C)cn3C(c2ccccc2)(c2ccccc2)c2ccccc2)c2cc(OC(F)F)ccc21. The highest BCUT2D eigenvalue weighted by Crippen LogP contribution is 2.44. The van der Waals surface area contributed by atoms with Crippen molar-refractivity contribution in [3.05, 3.63) is 180 Å². The third-order valence-electron chi connectivity index (χ3n) is 15.0. The van der Waals surface area contributed by atoms with Gasteiger partial charge >= 0.3 is 13.2 Å². The Morgan fingerprint density at radius 2 is 0.978 bits per heavy atom. The van der Waals surface area contributed by atoms with E-state index in [9.17, 15) is 27.2 Å². The van der Waals surface area contributed by atoms with Gasteiger partial charge in [0, 0.05) is 58.4 Å². The molecule has 6 heterocycles. The molecule has 2 amide bonds. The van der Waals surface area contributed by atoms with Gasteiger partial charge < -0.3 is 41.1 Å². The van der Waals surface area contributed by atoms with Crippen molar-refractivity contribution in [2.75, 3.05) is 0 Å². The molecule has 11 aromatic rings. The molecule has 0 aliphatic heterocycles. The first-order chi connectivity index (χ1) is 43.0. The van der Waals surface area contributed by atoms with Crippen molar-refractivity contribution >= 4 is 55.9 Å². The summed E-state index contributed by atoms with van der Waals surface area (Å²) in [5, 5.41) is 16.9. The zero-order chi connectivity index (χ0) is 65.2. The molecule has 91 heavy (non-hydrogen) atoms. The Labute approximate surface area is 524 Å². The van der Waals surface area contributed by atoms with Crippen LogP contribution in [0.25, 0.3) is 66.9 Å². The Morgan fingerprint density at radius 3 is 1.40 bits per heavy atom. The molecular formula is C69H76F4N14O4. The van der Waals surface area contributed by atoms with Crippen molar-refractivity contribution < 1.29 is 36.6 Å². The van der Waals surface area contributed by atoms with Gasteiger partial charge in [-0.25, -0.2) is 19.9 Å². The molecule has 22 heteroatoms. The fourth-order valence-corrected chi connectivity index (χ4v) is 11.2. The first-order valence-corrected chi connectivity index (χ1v) is 30.1. The Hall–Kier alpha value is -9.54. The molecule has 6 aromatic heterocycles. The molecule has 0 atom stereocenters. The number of aromatic nitrogens is 10. The lowest BCUT2D eigenvalue weighted by Crippen LogP contribution is -2.40. The van der Waals surface area contributed by atoms with E-state index in [0.717, 1.165) is 47.9 Å². The summed E-state index contributed by atoms with van der Waals surface area (Å²) in [4.78, 5) is 49.5. The van der Waals surface area contributed by atoms with Crippen molar-refractivity contribution in [3.8, 4) is 34.3 Å². The first-order valence-electron chi connectivity index (χ1n) is 30.1. The molecule has 0 spiro atoms. The van der Waals surface area contributed by atoms with Gasteiger partial charge in [-0.05, 0) is 148 Å². The van der Waals surface area contributed by atoms with Gasteiger partial charge in [0.25, 0.3) is 11.8 Å². The topological polar surface area (TPSA) is 237 Å². The van der Waals surface area contributed by atoms with Gasteiger partial charge in [0.1, 0.15) is 50.8 Å². The van der Waals surface area contributed by atoms with E-state index in [1.807, 2.05) is 139 Å². The maximum absolute atomic E-state index is 14.3. The van der Waals surface area contributed by atoms with Crippen LogP contribution >= 0.6 is 0 Å². The van der Waals surface area contributed by atoms with Crippen LogP contribution < -0.4 is 31.6 Å². The van der Waals surface area contributed by atoms with Crippen LogP contribution in [0, 0.1) is 0 Å². The summed E-state index contributed by atoms with van der Waals surface area (Å²) in [5.41, 5.74) is 18.1. The number of aryl methyl sites for hydroxylation is 2. The summed E-state index contributed by atoms with van der Waals surface area (Å²) in [6, 6.07) is 39.9. The number of halogens is 4. The zero-order valence-electron chi connectivity index (χ0n) is 52.7. The molecule has 5 aromatic carbocycles. The van der Waals surface area contributed by atoms with E-state index in [0.29, 0.717) is 85.6 Å². The quantitative estimate of drug-likeness (QED) is 0.0354. The second-order valence-corrected chi connectivity index (χ2v) is 26.2. The summed E-state index contributed by atoms with van der Waals surface area (Å²) in [7, 11) is 0. The zero-order valence-corrected chi connectivity index (χ0v) is 52.7. The average Bonchev–Trinajstić information content (AvgIpc) is 1.66. The lowest BCUT2D eigenvalue weighted by Gasteiger charge is -2.38. The van der Waals surface area contributed by atoms with Crippen molar-refractivity contribution in [1.82, 2.24) is 59.7 Å². The van der Waals surface area contributed by atoms with E-state index in [1.165, 1.54) is 18.2 Å². The minimum absolute atomic E-state index is 0.00445. The van der Waals surface area contributed by atoms with Gasteiger partial charge in [0.15, 0.2) is 11.3 Å². The van der Waals surface area contributed by atoms with E-state index in [4.69, 9.17) is 41.4 Å². The van der Waals surface area contributed by atoms with Crippen molar-refractivity contribution in [2.45, 2.75) is 149 Å². The molecule has 18 nitrogen and oxygen atoms in total. The number of hydrogen-bond acceptors (Lipinski definition) is 12. The number of hydrogen-bond donors (Lipinski definition) is 5. The standard InChI is InChI=1S/C44H45F2N7O2.C25H31F2N7O2/c1-42(2,3)50-40(54)34-28-52(44(29-16-9-6-10-17-29,30-18-11-7-12-19-30)31-20-13-8-14-21-31)39-38(34)49-35(27-48-39)37-33-26-32(55-41(45)46)22-23-36(33)53(51-37)25-15-24-43(4,5)47;1-24(2,3)32-22(35)16-12-29-21-20(16)31-17(13-30-21)19-15-11-14(36-23(26)27)7-8-18(15)34(33-19)10-6-9-25(4,5)28/h6-14,16-23,26-28,41H,15,24-25,47H2,1-5H3,(H,50,54);7-8,11-13,23H,6,9-10,28H2,1-5H3,(H,29,30)(H,32,35). The van der Waals surface area contributed by atoms with E-state index >= 15 is 0 Å². The summed E-state index contributed by atoms with van der Waals surface area (Å²) < 4.78 is 67.6. The van der Waals surface area contributed by atoms with Gasteiger partial charge in [-0.2, -0.15) is 27.8 Å². The van der Waals surface area contributed by atoms with E-state index in [1.54, 1.807) is 41.5 Å². The molecular weight excluding hydrogens is 1160 g/mol. The van der Waals surface area contributed by atoms with Crippen LogP contribution in [0.15, 0.2) is 152 Å². The molecule has 474 valence electrons. The third kappa shape index (κ3) is 14.7. The van der Waals surface area contributed by atoms with Crippen LogP contribution in [-0.2, 0) is 18.6 Å². The highest BCUT2D eigenvalue weighted by Gasteiger charge is 2.41. The summed E-state index contributed by atoms with van der Waals surface area (Å²) in [6.07, 6.45) is 9.60. The molecule has 7 N–H and O–H groups in total. The number of carbonyl (C=O) groups is 2. The second-order valence-electron chi connectivity index (χ2n) is 26.2. The summed E-state index contributed by atoms with van der Waals surface area (Å²) in [6.45, 7) is 14.5. The summed E-state index contributed by atoms with van der Waals surface area (Å²) >= 11 is 0. The van der Waals surface area contributed by atoms with E-state index in [-0.39, 0.29) is 34.4 Å². The molecule has 0 saturated heterocycles. The lowest BCUT2D eigenvalue weighted by molar-refractivity contribution is -0.0504. The minimum atomic E-state index is -3.00. The predicted octanol–water partition coefficient (Wildman–Crippen LogP) is 13.6. The summed E-state index contributed by atoms with van der Waals surface area (Å²) in [5.74, 6) is -0.594. The van der Waals surface area contributed by atoms with Crippen molar-refractivity contribution in [3.63, 3.8) is 0 Å². The molecule has 0 fully saturated rings. The number of benzene rings is 5. The van der Waals surface area contributed by atoms with Crippen molar-refractivity contribution in [2.24, 2.45) is 11.5 Å². The number of rotatable bonds is 20. The Morgan fingerprint density at radius 1 is 0.560 bits per heavy atom. The number of nitrogens with one attached hydrogen (secondary N) is 3. The van der Waals surface area contributed by atoms with Gasteiger partial charge in [-0.3, -0.25) is 19.0 Å². The number of fused-ring (bicyclic) bond motifs is 4. The van der Waals surface area contributed by atoms with Gasteiger partial charge in [-0.1, -0.05) is 91.0 Å². The first kappa shape index (κ1) is 64.4.